The molecule has 17 heteroatoms. The molecule has 2 saturated heterocycles. The molecular formula is C40H48F3N9O4S. The van der Waals surface area contributed by atoms with E-state index in [0.29, 0.717) is 31.7 Å². The van der Waals surface area contributed by atoms with Crippen LogP contribution in [0.5, 0.6) is 0 Å². The Morgan fingerprint density at radius 1 is 0.965 bits per heavy atom. The zero-order valence-corrected chi connectivity index (χ0v) is 33.3. The van der Waals surface area contributed by atoms with Crippen LogP contribution < -0.4 is 21.3 Å². The van der Waals surface area contributed by atoms with Crippen molar-refractivity contribution in [2.45, 2.75) is 71.4 Å². The van der Waals surface area contributed by atoms with Crippen molar-refractivity contribution < 1.29 is 32.7 Å². The molecule has 304 valence electrons. The molecule has 0 spiro atoms. The molecule has 4 heterocycles. The van der Waals surface area contributed by atoms with E-state index in [1.165, 1.54) is 4.90 Å². The van der Waals surface area contributed by atoms with Crippen LogP contribution in [-0.2, 0) is 20.6 Å². The molecule has 13 nitrogen and oxygen atoms in total. The van der Waals surface area contributed by atoms with Gasteiger partial charge in [-0.3, -0.25) is 19.3 Å². The maximum atomic E-state index is 14.1. The number of thiazole rings is 1. The normalized spacial score (nSPS) is 19.0. The van der Waals surface area contributed by atoms with E-state index < -0.39 is 41.4 Å². The zero-order valence-electron chi connectivity index (χ0n) is 32.5. The number of carbonyl (C=O) groups is 3. The van der Waals surface area contributed by atoms with E-state index in [0.717, 1.165) is 33.5 Å². The van der Waals surface area contributed by atoms with Crippen LogP contribution in [0.15, 0.2) is 60.1 Å². The Hall–Kier alpha value is -5.13. The van der Waals surface area contributed by atoms with Crippen molar-refractivity contribution in [1.82, 2.24) is 35.6 Å². The van der Waals surface area contributed by atoms with Crippen LogP contribution >= 0.6 is 11.3 Å². The van der Waals surface area contributed by atoms with E-state index >= 15 is 0 Å². The number of carbonyl (C=O) groups excluding carboxylic acids is 3. The Morgan fingerprint density at radius 3 is 2.21 bits per heavy atom. The third-order valence-corrected chi connectivity index (χ3v) is 11.4. The number of nitrogens with two attached hydrogens (primary N) is 1. The van der Waals surface area contributed by atoms with Crippen molar-refractivity contribution in [2.75, 3.05) is 49.9 Å². The summed E-state index contributed by atoms with van der Waals surface area (Å²) >= 11 is 1.56. The fourth-order valence-corrected chi connectivity index (χ4v) is 8.02. The van der Waals surface area contributed by atoms with Gasteiger partial charge in [0, 0.05) is 50.4 Å². The number of aliphatic hydroxyl groups is 1. The molecule has 4 atom stereocenters. The van der Waals surface area contributed by atoms with Crippen LogP contribution in [0.1, 0.15) is 57.1 Å². The molecule has 0 saturated carbocycles. The third kappa shape index (κ3) is 9.71. The fraction of sp³-hybridized carbons (Fsp3) is 0.450. The zero-order chi connectivity index (χ0) is 41.2. The molecule has 2 aliphatic heterocycles. The van der Waals surface area contributed by atoms with Gasteiger partial charge in [-0.1, -0.05) is 57.2 Å². The van der Waals surface area contributed by atoms with Gasteiger partial charge in [0.1, 0.15) is 12.1 Å². The topological polar surface area (TPSA) is 170 Å². The van der Waals surface area contributed by atoms with E-state index in [1.807, 2.05) is 63.8 Å². The number of nitrogens with zero attached hydrogens (tertiary/aromatic N) is 6. The molecule has 0 radical (unpaired) electrons. The number of hydrogen-bond acceptors (Lipinski definition) is 11. The van der Waals surface area contributed by atoms with Gasteiger partial charge in [0.15, 0.2) is 11.5 Å². The van der Waals surface area contributed by atoms with Gasteiger partial charge in [0.2, 0.25) is 17.7 Å². The minimum Gasteiger partial charge on any atom is -0.391 e. The van der Waals surface area contributed by atoms with Gasteiger partial charge < -0.3 is 31.3 Å². The number of anilines is 2. The van der Waals surface area contributed by atoms with Gasteiger partial charge in [-0.2, -0.15) is 13.2 Å². The summed E-state index contributed by atoms with van der Waals surface area (Å²) in [5.74, 6) is -1.26. The Balaban J connectivity index is 1.03. The predicted octanol–water partition coefficient (Wildman–Crippen LogP) is 4.67. The summed E-state index contributed by atoms with van der Waals surface area (Å²) in [6.45, 7) is 11.6. The van der Waals surface area contributed by atoms with Gasteiger partial charge in [-0.25, -0.2) is 4.98 Å². The SMILES string of the molecule is Cc1ncsc1-c1ccc([C@H](C)NC(=O)[C@@H]2C[C@@H](O)CN2C(=O)[C@@H](NC(=O)CN2CCN(c3ccc(-c4cc(C(F)(F)F)nnc4N)cc3)CC2)C(C)(C)C)cc1. The lowest BCUT2D eigenvalue weighted by molar-refractivity contribution is -0.144. The highest BCUT2D eigenvalue weighted by atomic mass is 32.1. The van der Waals surface area contributed by atoms with Crippen LogP contribution in [0.3, 0.4) is 0 Å². The van der Waals surface area contributed by atoms with Crippen molar-refractivity contribution in [3.8, 4) is 21.6 Å². The maximum Gasteiger partial charge on any atom is 0.435 e. The molecule has 0 aliphatic carbocycles. The summed E-state index contributed by atoms with van der Waals surface area (Å²) in [7, 11) is 0. The second kappa shape index (κ2) is 16.8. The average Bonchev–Trinajstić information content (AvgIpc) is 3.78. The van der Waals surface area contributed by atoms with Crippen LogP contribution in [0.25, 0.3) is 21.6 Å². The number of aromatic nitrogens is 3. The van der Waals surface area contributed by atoms with E-state index in [9.17, 15) is 32.7 Å². The summed E-state index contributed by atoms with van der Waals surface area (Å²) in [6.07, 6.45) is -5.46. The van der Waals surface area contributed by atoms with E-state index in [2.05, 4.69) is 30.7 Å². The molecule has 4 aromatic rings. The Morgan fingerprint density at radius 2 is 1.61 bits per heavy atom. The number of alkyl halides is 3. The maximum absolute atomic E-state index is 14.1. The Bertz CT molecular complexity index is 2060. The smallest absolute Gasteiger partial charge is 0.391 e. The molecule has 3 amide bonds. The van der Waals surface area contributed by atoms with Gasteiger partial charge in [-0.05, 0) is 54.2 Å². The first kappa shape index (κ1) is 41.5. The molecular weight excluding hydrogens is 760 g/mol. The number of aliphatic hydroxyl groups excluding tert-OH is 1. The van der Waals surface area contributed by atoms with Crippen LogP contribution in [0.4, 0.5) is 24.7 Å². The number of β-amino-alcohol motifs (C(OH)–C–C–N with tert-alkyl or cyclic N) is 1. The highest BCUT2D eigenvalue weighted by Gasteiger charge is 2.45. The number of halogens is 3. The second-order valence-corrected chi connectivity index (χ2v) is 16.6. The second-order valence-electron chi connectivity index (χ2n) is 15.7. The lowest BCUT2D eigenvalue weighted by atomic mass is 9.85. The standard InChI is InChI=1S/C40H48F3N9O4S/c1-23(25-6-8-27(9-7-25)34-24(2)45-22-57-34)46-37(55)31-18-29(53)20-52(31)38(56)35(39(3,4)5)47-33(54)21-50-14-16-51(17-15-50)28-12-10-26(11-13-28)30-19-32(40(41,42)43)48-49-36(30)44/h6-13,19,22-23,29,31,35,53H,14-18,20-21H2,1-5H3,(H2,44,49)(H,46,55)(H,47,54)/t23-,29+,31-,35+/m0/s1. The number of rotatable bonds is 10. The summed E-state index contributed by atoms with van der Waals surface area (Å²) in [4.78, 5) is 52.1. The van der Waals surface area contributed by atoms with Crippen molar-refractivity contribution in [1.29, 1.82) is 0 Å². The van der Waals surface area contributed by atoms with Gasteiger partial charge in [0.25, 0.3) is 0 Å². The number of hydrogen-bond donors (Lipinski definition) is 4. The van der Waals surface area contributed by atoms with Gasteiger partial charge >= 0.3 is 6.18 Å². The van der Waals surface area contributed by atoms with E-state index in [1.54, 1.807) is 41.1 Å². The van der Waals surface area contributed by atoms with Crippen molar-refractivity contribution >= 4 is 40.6 Å². The molecule has 2 fully saturated rings. The van der Waals surface area contributed by atoms with Crippen molar-refractivity contribution in [3.05, 3.63) is 77.1 Å². The van der Waals surface area contributed by atoms with Crippen LogP contribution in [0.2, 0.25) is 0 Å². The fourth-order valence-electron chi connectivity index (χ4n) is 7.21. The lowest BCUT2D eigenvalue weighted by Gasteiger charge is -2.37. The largest absolute Gasteiger partial charge is 0.435 e. The van der Waals surface area contributed by atoms with Crippen LogP contribution in [0, 0.1) is 12.3 Å². The minimum atomic E-state index is -4.65. The molecule has 2 aromatic carbocycles. The molecule has 6 rings (SSSR count). The molecule has 0 bridgehead atoms. The van der Waals surface area contributed by atoms with Crippen molar-refractivity contribution in [2.24, 2.45) is 5.41 Å². The number of nitrogen functional groups attached to an aromatic ring is 1. The summed E-state index contributed by atoms with van der Waals surface area (Å²) in [6, 6.07) is 13.5. The van der Waals surface area contributed by atoms with Gasteiger partial charge in [0.05, 0.1) is 34.8 Å². The first-order valence-electron chi connectivity index (χ1n) is 18.8. The quantitative estimate of drug-likeness (QED) is 0.177. The van der Waals surface area contributed by atoms with Crippen LogP contribution in [-0.4, -0.2) is 105 Å². The number of amides is 3. The number of benzene rings is 2. The third-order valence-electron chi connectivity index (χ3n) is 10.5. The average molecular weight is 808 g/mol. The highest BCUT2D eigenvalue weighted by Crippen LogP contribution is 2.34. The number of piperazine rings is 1. The monoisotopic (exact) mass is 807 g/mol. The lowest BCUT2D eigenvalue weighted by Crippen LogP contribution is -2.59. The molecule has 2 aromatic heterocycles. The minimum absolute atomic E-state index is 0.0268. The van der Waals surface area contributed by atoms with E-state index in [-0.39, 0.29) is 48.7 Å². The molecule has 57 heavy (non-hydrogen) atoms. The molecule has 0 unspecified atom stereocenters. The Kier molecular flexibility index (Phi) is 12.2. The summed E-state index contributed by atoms with van der Waals surface area (Å²) < 4.78 is 39.6. The van der Waals surface area contributed by atoms with Crippen molar-refractivity contribution in [3.63, 3.8) is 0 Å². The summed E-state index contributed by atoms with van der Waals surface area (Å²) in [5, 5.41) is 23.2. The van der Waals surface area contributed by atoms with Gasteiger partial charge in [-0.15, -0.1) is 21.5 Å². The number of likely N-dealkylation sites (tertiary alicyclic amines) is 1. The Labute approximate surface area is 333 Å². The molecule has 2 aliphatic rings. The first-order chi connectivity index (χ1) is 26.9. The molecule has 5 N–H and O–H groups in total. The number of aryl methyl sites for hydroxylation is 1. The highest BCUT2D eigenvalue weighted by molar-refractivity contribution is 7.13. The van der Waals surface area contributed by atoms with E-state index in [4.69, 9.17) is 5.73 Å². The summed E-state index contributed by atoms with van der Waals surface area (Å²) in [5.41, 5.74) is 10.2. The number of nitrogens with one attached hydrogen (secondary N) is 2. The first-order valence-corrected chi connectivity index (χ1v) is 19.6. The predicted molar refractivity (Wildman–Crippen MR) is 212 cm³/mol.